The molecule has 3 N–H and O–H groups in total. The van der Waals surface area contributed by atoms with Crippen LogP contribution in [0.2, 0.25) is 0 Å². The van der Waals surface area contributed by atoms with Crippen molar-refractivity contribution < 1.29 is 12.9 Å². The quantitative estimate of drug-likeness (QED) is 0.859. The van der Waals surface area contributed by atoms with Crippen LogP contribution in [0.3, 0.4) is 0 Å². The van der Waals surface area contributed by atoms with Crippen LogP contribution in [0.5, 0.6) is 0 Å². The topological polar surface area (TPSA) is 111 Å². The van der Waals surface area contributed by atoms with Gasteiger partial charge in [-0.25, -0.2) is 18.1 Å². The third-order valence-corrected chi connectivity index (χ3v) is 5.55. The normalized spacial score (nSPS) is 22.0. The molecule has 0 amide bonds. The molecule has 0 spiro atoms. The number of hydrogen-bond donors (Lipinski definition) is 2. The lowest BCUT2D eigenvalue weighted by Crippen LogP contribution is -2.42. The van der Waals surface area contributed by atoms with Gasteiger partial charge in [0.15, 0.2) is 0 Å². The highest BCUT2D eigenvalue weighted by Gasteiger charge is 2.25. The van der Waals surface area contributed by atoms with Crippen molar-refractivity contribution in [1.29, 1.82) is 0 Å². The second kappa shape index (κ2) is 7.12. The smallest absolute Gasteiger partial charge is 0.258 e. The molecule has 0 bridgehead atoms. The fourth-order valence-corrected chi connectivity index (χ4v) is 4.14. The summed E-state index contributed by atoms with van der Waals surface area (Å²) < 4.78 is 32.9. The molecule has 23 heavy (non-hydrogen) atoms. The van der Waals surface area contributed by atoms with E-state index in [0.717, 1.165) is 19.3 Å². The lowest BCUT2D eigenvalue weighted by Gasteiger charge is -2.27. The van der Waals surface area contributed by atoms with Crippen LogP contribution < -0.4 is 10.5 Å². The van der Waals surface area contributed by atoms with Crippen LogP contribution in [0, 0.1) is 0 Å². The second-order valence-electron chi connectivity index (χ2n) is 5.75. The third-order valence-electron chi connectivity index (χ3n) is 4.06. The van der Waals surface area contributed by atoms with Gasteiger partial charge in [-0.05, 0) is 31.7 Å². The Morgan fingerprint density at radius 3 is 2.91 bits per heavy atom. The van der Waals surface area contributed by atoms with E-state index in [4.69, 9.17) is 10.3 Å². The number of nitrogens with one attached hydrogen (secondary N) is 1. The average Bonchev–Trinajstić information content (AvgIpc) is 2.89. The summed E-state index contributed by atoms with van der Waals surface area (Å²) in [5, 5.41) is 4.54. The molecule has 2 aromatic rings. The molecule has 2 atom stereocenters. The third kappa shape index (κ3) is 3.82. The number of aromatic nitrogens is 2. The zero-order valence-electron chi connectivity index (χ0n) is 12.9. The molecule has 128 valence electrons. The van der Waals surface area contributed by atoms with Gasteiger partial charge in [0.25, 0.3) is 5.71 Å². The molecule has 1 aliphatic carbocycles. The number of halogens is 1. The predicted octanol–water partition coefficient (Wildman–Crippen LogP) is 1.76. The van der Waals surface area contributed by atoms with Crippen LogP contribution in [0.4, 0.5) is 0 Å². The van der Waals surface area contributed by atoms with Crippen molar-refractivity contribution in [2.45, 2.75) is 56.0 Å². The molecule has 0 aliphatic heterocycles. The Morgan fingerprint density at radius 1 is 1.43 bits per heavy atom. The number of pyridine rings is 1. The second-order valence-corrected chi connectivity index (χ2v) is 7.47. The van der Waals surface area contributed by atoms with E-state index in [9.17, 15) is 8.42 Å². The van der Waals surface area contributed by atoms with E-state index in [1.54, 1.807) is 6.07 Å². The van der Waals surface area contributed by atoms with E-state index in [1.165, 1.54) is 6.20 Å². The first-order chi connectivity index (χ1) is 10.5. The van der Waals surface area contributed by atoms with Gasteiger partial charge in [0.2, 0.25) is 10.0 Å². The van der Waals surface area contributed by atoms with Crippen molar-refractivity contribution in [3.05, 3.63) is 18.0 Å². The summed E-state index contributed by atoms with van der Waals surface area (Å²) in [4.78, 5) is 4.19. The van der Waals surface area contributed by atoms with Crippen molar-refractivity contribution in [2.75, 3.05) is 0 Å². The molecule has 1 saturated carbocycles. The fourth-order valence-electron chi connectivity index (χ4n) is 2.88. The molecule has 0 saturated heterocycles. The highest BCUT2D eigenvalue weighted by Crippen LogP contribution is 2.23. The summed E-state index contributed by atoms with van der Waals surface area (Å²) in [6, 6.07) is 1.52. The number of sulfonamides is 1. The number of fused-ring (bicyclic) bond motifs is 1. The molecule has 0 radical (unpaired) electrons. The number of rotatable bonds is 4. The summed E-state index contributed by atoms with van der Waals surface area (Å²) >= 11 is 0. The largest absolute Gasteiger partial charge is 0.336 e. The minimum Gasteiger partial charge on any atom is -0.336 e. The number of nitrogens with zero attached hydrogens (tertiary/aromatic N) is 2. The maximum Gasteiger partial charge on any atom is 0.258 e. The van der Waals surface area contributed by atoms with Gasteiger partial charge >= 0.3 is 0 Å². The molecule has 9 heteroatoms. The first-order valence-electron chi connectivity index (χ1n) is 7.52. The van der Waals surface area contributed by atoms with Gasteiger partial charge < -0.3 is 10.3 Å². The number of nitrogens with two attached hydrogens (primary N) is 1. The first-order valence-corrected chi connectivity index (χ1v) is 9.00. The van der Waals surface area contributed by atoms with Crippen molar-refractivity contribution in [3.63, 3.8) is 0 Å². The maximum absolute atomic E-state index is 12.5. The Morgan fingerprint density at radius 2 is 2.22 bits per heavy atom. The van der Waals surface area contributed by atoms with E-state index in [2.05, 4.69) is 14.9 Å². The summed E-state index contributed by atoms with van der Waals surface area (Å²) in [6.45, 7) is 1.93. The highest BCUT2D eigenvalue weighted by atomic mass is 35.5. The van der Waals surface area contributed by atoms with Crippen LogP contribution in [-0.4, -0.2) is 30.6 Å². The molecule has 7 nitrogen and oxygen atoms in total. The zero-order valence-corrected chi connectivity index (χ0v) is 14.5. The molecule has 2 aromatic heterocycles. The van der Waals surface area contributed by atoms with Gasteiger partial charge in [0.1, 0.15) is 4.90 Å². The Kier molecular flexibility index (Phi) is 5.61. The Labute approximate surface area is 141 Å². The van der Waals surface area contributed by atoms with Crippen LogP contribution in [-0.2, 0) is 16.4 Å². The van der Waals surface area contributed by atoms with Crippen molar-refractivity contribution in [3.8, 4) is 0 Å². The highest BCUT2D eigenvalue weighted by molar-refractivity contribution is 7.89. The van der Waals surface area contributed by atoms with Crippen molar-refractivity contribution in [1.82, 2.24) is 14.9 Å². The van der Waals surface area contributed by atoms with Gasteiger partial charge in [-0.3, -0.25) is 0 Å². The standard InChI is InChI=1S/C14H20N4O3S.ClH/c1-2-13-12-7-11(8-16-14(12)21-17-13)22(19,20)18-10-5-3-4-9(15)6-10;/h7-10,18H,2-6,15H2,1H3;1H. The van der Waals surface area contributed by atoms with Crippen LogP contribution in [0.1, 0.15) is 38.3 Å². The lowest BCUT2D eigenvalue weighted by atomic mass is 9.92. The van der Waals surface area contributed by atoms with Gasteiger partial charge in [-0.15, -0.1) is 12.4 Å². The van der Waals surface area contributed by atoms with E-state index in [-0.39, 0.29) is 29.4 Å². The average molecular weight is 361 g/mol. The molecule has 2 heterocycles. The molecule has 2 unspecified atom stereocenters. The van der Waals surface area contributed by atoms with Crippen LogP contribution in [0.25, 0.3) is 11.1 Å². The van der Waals surface area contributed by atoms with Gasteiger partial charge in [0.05, 0.1) is 17.3 Å². The zero-order chi connectivity index (χ0) is 15.7. The molecular formula is C14H21ClN4O3S. The van der Waals surface area contributed by atoms with E-state index < -0.39 is 10.0 Å². The van der Waals surface area contributed by atoms with E-state index >= 15 is 0 Å². The van der Waals surface area contributed by atoms with Crippen molar-refractivity contribution in [2.24, 2.45) is 5.73 Å². The fraction of sp³-hybridized carbons (Fsp3) is 0.571. The van der Waals surface area contributed by atoms with Crippen LogP contribution >= 0.6 is 12.4 Å². The number of aryl methyl sites for hydroxylation is 1. The monoisotopic (exact) mass is 360 g/mol. The maximum atomic E-state index is 12.5. The first kappa shape index (κ1) is 18.1. The van der Waals surface area contributed by atoms with E-state index in [0.29, 0.717) is 29.6 Å². The lowest BCUT2D eigenvalue weighted by molar-refractivity contribution is 0.371. The summed E-state index contributed by atoms with van der Waals surface area (Å²) in [7, 11) is -3.62. The summed E-state index contributed by atoms with van der Waals surface area (Å²) in [6.07, 6.45) is 5.34. The molecule has 1 aliphatic rings. The molecular weight excluding hydrogens is 340 g/mol. The number of hydrogen-bond acceptors (Lipinski definition) is 6. The molecule has 0 aromatic carbocycles. The summed E-state index contributed by atoms with van der Waals surface area (Å²) in [5.41, 5.74) is 6.98. The minimum absolute atomic E-state index is 0. The predicted molar refractivity (Wildman–Crippen MR) is 89.0 cm³/mol. The molecule has 3 rings (SSSR count). The SMILES string of the molecule is CCc1noc2ncc(S(=O)(=O)NC3CCCC(N)C3)cc12.Cl. The van der Waals surface area contributed by atoms with Gasteiger partial charge in [-0.1, -0.05) is 18.5 Å². The van der Waals surface area contributed by atoms with Crippen LogP contribution in [0.15, 0.2) is 21.7 Å². The van der Waals surface area contributed by atoms with Crippen molar-refractivity contribution >= 4 is 33.5 Å². The Balaban J connectivity index is 0.00000192. The van der Waals surface area contributed by atoms with Gasteiger partial charge in [-0.2, -0.15) is 0 Å². The Hall–Kier alpha value is -1.22. The summed E-state index contributed by atoms with van der Waals surface area (Å²) in [5.74, 6) is 0. The van der Waals surface area contributed by atoms with E-state index in [1.807, 2.05) is 6.92 Å². The van der Waals surface area contributed by atoms with Gasteiger partial charge in [0, 0.05) is 12.1 Å². The Bertz CT molecular complexity index is 777. The molecule has 1 fully saturated rings. The minimum atomic E-state index is -3.62.